The Labute approximate surface area is 215 Å². The minimum Gasteiger partial charge on any atom is -0.497 e. The molecule has 0 spiro atoms. The van der Waals surface area contributed by atoms with Crippen LogP contribution in [0.2, 0.25) is 0 Å². The molecule has 3 aromatic rings. The second kappa shape index (κ2) is 11.5. The second-order valence-electron chi connectivity index (χ2n) is 10.8. The molecule has 1 heterocycles. The van der Waals surface area contributed by atoms with Gasteiger partial charge in [0.1, 0.15) is 5.75 Å². The third-order valence-electron chi connectivity index (χ3n) is 8.45. The maximum absolute atomic E-state index is 7.64. The first kappa shape index (κ1) is 24.9. The average Bonchev–Trinajstić information content (AvgIpc) is 3.31. The fourth-order valence-electron chi connectivity index (χ4n) is 6.39. The summed E-state index contributed by atoms with van der Waals surface area (Å²) in [6, 6.07) is 16.3. The van der Waals surface area contributed by atoms with Crippen LogP contribution in [0.3, 0.4) is 0 Å². The minimum atomic E-state index is 0.228. The van der Waals surface area contributed by atoms with E-state index in [0.29, 0.717) is 23.8 Å². The fourth-order valence-corrected chi connectivity index (χ4v) is 6.39. The van der Waals surface area contributed by atoms with Gasteiger partial charge >= 0.3 is 0 Å². The molecule has 0 bridgehead atoms. The van der Waals surface area contributed by atoms with E-state index in [0.717, 1.165) is 31.6 Å². The number of hydrogen-bond acceptors (Lipinski definition) is 3. The van der Waals surface area contributed by atoms with Crippen LogP contribution in [0, 0.1) is 6.57 Å². The van der Waals surface area contributed by atoms with Crippen LogP contribution in [0.25, 0.3) is 15.7 Å². The number of ether oxygens (including phenoxy) is 1. The van der Waals surface area contributed by atoms with Crippen LogP contribution in [-0.2, 0) is 0 Å². The lowest BCUT2D eigenvalue weighted by Crippen LogP contribution is -2.38. The van der Waals surface area contributed by atoms with Crippen molar-refractivity contribution < 1.29 is 4.74 Å². The standard InChI is InChI=1S/C31H40N4O/c1-33-25-15-16-31-29(20-25)30(21-35(31)26-8-4-3-5-9-26)28(22-7-6-10-27(19-22)36-2)17-18-34-24-13-11-23(32)12-14-24/h6-7,10,15-16,19-21,23-24,26,28,34H,3-5,8-9,11-14,17-18,32H2,2H3. The van der Waals surface area contributed by atoms with Gasteiger partial charge in [0, 0.05) is 35.8 Å². The van der Waals surface area contributed by atoms with Gasteiger partial charge in [-0.3, -0.25) is 0 Å². The van der Waals surface area contributed by atoms with E-state index in [9.17, 15) is 0 Å². The van der Waals surface area contributed by atoms with Crippen LogP contribution in [0.1, 0.15) is 87.3 Å². The Bertz CT molecular complexity index is 1190. The molecule has 2 aromatic carbocycles. The molecule has 3 N–H and O–H groups in total. The van der Waals surface area contributed by atoms with Crippen molar-refractivity contribution in [3.05, 3.63) is 71.2 Å². The molecule has 5 nitrogen and oxygen atoms in total. The van der Waals surface area contributed by atoms with Crippen molar-refractivity contribution in [3.63, 3.8) is 0 Å². The lowest BCUT2D eigenvalue weighted by Gasteiger charge is -2.28. The maximum atomic E-state index is 7.64. The van der Waals surface area contributed by atoms with Gasteiger partial charge in [-0.2, -0.15) is 0 Å². The SMILES string of the molecule is [C-]#[N+]c1ccc2c(c1)c(C(CCNC1CCC(N)CC1)c1cccc(OC)c1)cn2C1CCCCC1. The van der Waals surface area contributed by atoms with Gasteiger partial charge < -0.3 is 20.4 Å². The molecule has 190 valence electrons. The number of aromatic nitrogens is 1. The lowest BCUT2D eigenvalue weighted by atomic mass is 9.87. The van der Waals surface area contributed by atoms with Crippen LogP contribution in [0.4, 0.5) is 5.69 Å². The zero-order valence-corrected chi connectivity index (χ0v) is 21.6. The predicted octanol–water partition coefficient (Wildman–Crippen LogP) is 7.09. The zero-order chi connectivity index (χ0) is 24.9. The van der Waals surface area contributed by atoms with Crippen LogP contribution in [-0.4, -0.2) is 30.3 Å². The Morgan fingerprint density at radius 1 is 1.06 bits per heavy atom. The van der Waals surface area contributed by atoms with Crippen LogP contribution >= 0.6 is 0 Å². The van der Waals surface area contributed by atoms with Gasteiger partial charge in [0.15, 0.2) is 5.69 Å². The normalized spacial score (nSPS) is 21.8. The van der Waals surface area contributed by atoms with Crippen molar-refractivity contribution in [2.45, 2.75) is 88.3 Å². The molecule has 36 heavy (non-hydrogen) atoms. The molecule has 2 saturated carbocycles. The fraction of sp³-hybridized carbons (Fsp3) is 0.516. The molecule has 5 heteroatoms. The Morgan fingerprint density at radius 2 is 1.86 bits per heavy atom. The highest BCUT2D eigenvalue weighted by atomic mass is 16.5. The van der Waals surface area contributed by atoms with Gasteiger partial charge in [-0.05, 0) is 92.3 Å². The quantitative estimate of drug-likeness (QED) is 0.336. The molecule has 1 atom stereocenters. The Hall–Kier alpha value is -2.81. The predicted molar refractivity (Wildman–Crippen MR) is 148 cm³/mol. The van der Waals surface area contributed by atoms with Crippen molar-refractivity contribution in [3.8, 4) is 5.75 Å². The third-order valence-corrected chi connectivity index (χ3v) is 8.45. The number of benzene rings is 2. The van der Waals surface area contributed by atoms with Gasteiger partial charge in [0.2, 0.25) is 0 Å². The summed E-state index contributed by atoms with van der Waals surface area (Å²) in [5.41, 5.74) is 10.7. The van der Waals surface area contributed by atoms with Crippen molar-refractivity contribution in [1.29, 1.82) is 0 Å². The maximum Gasteiger partial charge on any atom is 0.187 e. The minimum absolute atomic E-state index is 0.228. The van der Waals surface area contributed by atoms with Crippen molar-refractivity contribution in [1.82, 2.24) is 9.88 Å². The highest BCUT2D eigenvalue weighted by molar-refractivity contribution is 5.88. The molecule has 0 radical (unpaired) electrons. The van der Waals surface area contributed by atoms with Crippen molar-refractivity contribution >= 4 is 16.6 Å². The van der Waals surface area contributed by atoms with Crippen LogP contribution in [0.5, 0.6) is 5.75 Å². The summed E-state index contributed by atoms with van der Waals surface area (Å²) in [4.78, 5) is 3.77. The molecule has 2 aliphatic carbocycles. The summed E-state index contributed by atoms with van der Waals surface area (Å²) >= 11 is 0. The summed E-state index contributed by atoms with van der Waals surface area (Å²) in [5.74, 6) is 1.12. The first-order valence-corrected chi connectivity index (χ1v) is 13.8. The van der Waals surface area contributed by atoms with Gasteiger partial charge in [-0.15, -0.1) is 0 Å². The summed E-state index contributed by atoms with van der Waals surface area (Å²) < 4.78 is 8.13. The van der Waals surface area contributed by atoms with Crippen molar-refractivity contribution in [2.75, 3.05) is 13.7 Å². The zero-order valence-electron chi connectivity index (χ0n) is 21.6. The van der Waals surface area contributed by atoms with Gasteiger partial charge in [-0.1, -0.05) is 37.5 Å². The Kier molecular flexibility index (Phi) is 7.94. The van der Waals surface area contributed by atoms with Crippen molar-refractivity contribution in [2.24, 2.45) is 5.73 Å². The van der Waals surface area contributed by atoms with E-state index in [-0.39, 0.29) is 5.92 Å². The topological polar surface area (TPSA) is 56.6 Å². The number of nitrogens with one attached hydrogen (secondary N) is 1. The van der Waals surface area contributed by atoms with E-state index >= 15 is 0 Å². The summed E-state index contributed by atoms with van der Waals surface area (Å²) in [6.07, 6.45) is 14.4. The molecule has 5 rings (SSSR count). The largest absolute Gasteiger partial charge is 0.497 e. The molecular formula is C31H40N4O. The average molecular weight is 485 g/mol. The number of nitrogens with zero attached hydrogens (tertiary/aromatic N) is 2. The first-order valence-electron chi connectivity index (χ1n) is 13.8. The van der Waals surface area contributed by atoms with E-state index in [1.165, 1.54) is 67.0 Å². The molecule has 0 saturated heterocycles. The molecule has 1 aromatic heterocycles. The van der Waals surface area contributed by atoms with E-state index < -0.39 is 0 Å². The number of fused-ring (bicyclic) bond motifs is 1. The smallest absolute Gasteiger partial charge is 0.187 e. The lowest BCUT2D eigenvalue weighted by molar-refractivity contribution is 0.340. The highest BCUT2D eigenvalue weighted by Crippen LogP contribution is 2.40. The molecule has 2 aliphatic rings. The molecule has 2 fully saturated rings. The van der Waals surface area contributed by atoms with E-state index in [4.69, 9.17) is 17.0 Å². The Morgan fingerprint density at radius 3 is 2.61 bits per heavy atom. The summed E-state index contributed by atoms with van der Waals surface area (Å²) in [5, 5.41) is 5.07. The number of nitrogens with two attached hydrogens (primary N) is 1. The van der Waals surface area contributed by atoms with Gasteiger partial charge in [0.25, 0.3) is 0 Å². The molecule has 0 amide bonds. The number of hydrogen-bond donors (Lipinski definition) is 2. The summed E-state index contributed by atoms with van der Waals surface area (Å²) in [7, 11) is 1.74. The van der Waals surface area contributed by atoms with Crippen LogP contribution < -0.4 is 15.8 Å². The molecule has 1 unspecified atom stereocenters. The number of rotatable bonds is 8. The van der Waals surface area contributed by atoms with E-state index in [1.54, 1.807) is 7.11 Å². The molecular weight excluding hydrogens is 444 g/mol. The highest BCUT2D eigenvalue weighted by Gasteiger charge is 2.25. The molecule has 0 aliphatic heterocycles. The van der Waals surface area contributed by atoms with E-state index in [2.05, 4.69) is 51.3 Å². The Balaban J connectivity index is 1.51. The van der Waals surface area contributed by atoms with Gasteiger partial charge in [-0.25, -0.2) is 4.85 Å². The van der Waals surface area contributed by atoms with E-state index in [1.807, 2.05) is 12.1 Å². The third kappa shape index (κ3) is 5.45. The van der Waals surface area contributed by atoms with Crippen LogP contribution in [0.15, 0.2) is 48.7 Å². The monoisotopic (exact) mass is 484 g/mol. The summed E-state index contributed by atoms with van der Waals surface area (Å²) in [6.45, 7) is 8.60. The van der Waals surface area contributed by atoms with Gasteiger partial charge in [0.05, 0.1) is 13.7 Å². The second-order valence-corrected chi connectivity index (χ2v) is 10.8. The number of methoxy groups -OCH3 is 1. The first-order chi connectivity index (χ1) is 17.7.